The van der Waals surface area contributed by atoms with E-state index in [4.69, 9.17) is 9.47 Å². The van der Waals surface area contributed by atoms with Crippen LogP contribution in [0.1, 0.15) is 16.7 Å². The average molecular weight is 376 g/mol. The van der Waals surface area contributed by atoms with E-state index < -0.39 is 0 Å². The molecule has 0 radical (unpaired) electrons. The first-order chi connectivity index (χ1) is 11.0. The van der Waals surface area contributed by atoms with E-state index in [1.165, 1.54) is 11.1 Å². The van der Waals surface area contributed by atoms with Gasteiger partial charge in [-0.1, -0.05) is 18.7 Å². The number of halogens is 1. The molecule has 3 nitrogen and oxygen atoms in total. The number of anilines is 1. The summed E-state index contributed by atoms with van der Waals surface area (Å²) in [6, 6.07) is 10.4. The zero-order valence-corrected chi connectivity index (χ0v) is 15.4. The van der Waals surface area contributed by atoms with Gasteiger partial charge in [-0.2, -0.15) is 0 Å². The average Bonchev–Trinajstić information content (AvgIpc) is 2.54. The maximum absolute atomic E-state index is 5.64. The van der Waals surface area contributed by atoms with Crippen LogP contribution in [0.25, 0.3) is 0 Å². The van der Waals surface area contributed by atoms with Crippen LogP contribution in [0.3, 0.4) is 0 Å². The summed E-state index contributed by atoms with van der Waals surface area (Å²) < 4.78 is 11.9. The summed E-state index contributed by atoms with van der Waals surface area (Å²) in [4.78, 5) is 0. The molecule has 0 aliphatic rings. The molecule has 0 aliphatic heterocycles. The fraction of sp³-hybridized carbons (Fsp3) is 0.263. The summed E-state index contributed by atoms with van der Waals surface area (Å²) in [5, 5.41) is 3.44. The molecule has 0 aromatic heterocycles. The largest absolute Gasteiger partial charge is 0.493 e. The third-order valence-corrected chi connectivity index (χ3v) is 4.23. The SMILES string of the molecule is C=CCOc1c(Br)cc(CNc2ccc(C)c(C)c2)cc1OC. The Morgan fingerprint density at radius 3 is 2.61 bits per heavy atom. The minimum Gasteiger partial charge on any atom is -0.493 e. The van der Waals surface area contributed by atoms with Gasteiger partial charge in [0.25, 0.3) is 0 Å². The molecule has 0 spiro atoms. The number of methoxy groups -OCH3 is 1. The standard InChI is InChI=1S/C19H22BrNO2/c1-5-8-23-19-17(20)10-15(11-18(19)22-4)12-21-16-7-6-13(2)14(3)9-16/h5-7,9-11,21H,1,8,12H2,2-4H3. The zero-order valence-electron chi connectivity index (χ0n) is 13.8. The number of benzene rings is 2. The molecule has 23 heavy (non-hydrogen) atoms. The molecule has 0 saturated carbocycles. The third-order valence-electron chi connectivity index (χ3n) is 3.64. The molecule has 0 amide bonds. The second-order valence-corrected chi connectivity index (χ2v) is 6.22. The summed E-state index contributed by atoms with van der Waals surface area (Å²) in [5.41, 5.74) is 4.79. The maximum atomic E-state index is 5.64. The molecule has 4 heteroatoms. The van der Waals surface area contributed by atoms with Crippen molar-refractivity contribution in [1.29, 1.82) is 0 Å². The lowest BCUT2D eigenvalue weighted by Crippen LogP contribution is -2.03. The summed E-state index contributed by atoms with van der Waals surface area (Å²) in [7, 11) is 1.64. The normalized spacial score (nSPS) is 10.3. The molecule has 2 aromatic carbocycles. The van der Waals surface area contributed by atoms with Gasteiger partial charge in [0.2, 0.25) is 0 Å². The second-order valence-electron chi connectivity index (χ2n) is 5.36. The fourth-order valence-corrected chi connectivity index (χ4v) is 2.82. The van der Waals surface area contributed by atoms with Gasteiger partial charge in [-0.15, -0.1) is 0 Å². The summed E-state index contributed by atoms with van der Waals surface area (Å²) in [6.45, 7) is 9.04. The van der Waals surface area contributed by atoms with Gasteiger partial charge in [-0.25, -0.2) is 0 Å². The highest BCUT2D eigenvalue weighted by Gasteiger charge is 2.11. The Morgan fingerprint density at radius 1 is 1.17 bits per heavy atom. The molecule has 122 valence electrons. The van der Waals surface area contributed by atoms with Crippen molar-refractivity contribution in [2.45, 2.75) is 20.4 Å². The monoisotopic (exact) mass is 375 g/mol. The minimum absolute atomic E-state index is 0.440. The Balaban J connectivity index is 2.15. The van der Waals surface area contributed by atoms with Crippen LogP contribution in [-0.4, -0.2) is 13.7 Å². The van der Waals surface area contributed by atoms with Crippen LogP contribution in [0.4, 0.5) is 5.69 Å². The molecule has 0 heterocycles. The molecule has 0 bridgehead atoms. The van der Waals surface area contributed by atoms with E-state index in [0.29, 0.717) is 24.7 Å². The number of aryl methyl sites for hydroxylation is 2. The van der Waals surface area contributed by atoms with Gasteiger partial charge in [-0.05, 0) is 70.7 Å². The highest BCUT2D eigenvalue weighted by molar-refractivity contribution is 9.10. The lowest BCUT2D eigenvalue weighted by atomic mass is 10.1. The maximum Gasteiger partial charge on any atom is 0.175 e. The zero-order chi connectivity index (χ0) is 16.8. The van der Waals surface area contributed by atoms with Gasteiger partial charge < -0.3 is 14.8 Å². The Morgan fingerprint density at radius 2 is 1.96 bits per heavy atom. The van der Waals surface area contributed by atoms with Crippen LogP contribution >= 0.6 is 15.9 Å². The Labute approximate surface area is 146 Å². The quantitative estimate of drug-likeness (QED) is 0.670. The van der Waals surface area contributed by atoms with Crippen molar-refractivity contribution >= 4 is 21.6 Å². The summed E-state index contributed by atoms with van der Waals surface area (Å²) in [5.74, 6) is 1.40. The van der Waals surface area contributed by atoms with Crippen LogP contribution in [0.15, 0.2) is 47.5 Å². The van der Waals surface area contributed by atoms with E-state index in [9.17, 15) is 0 Å². The third kappa shape index (κ3) is 4.52. The number of nitrogens with one attached hydrogen (secondary N) is 1. The first-order valence-electron chi connectivity index (χ1n) is 7.46. The van der Waals surface area contributed by atoms with Gasteiger partial charge in [0.1, 0.15) is 6.61 Å². The Kier molecular flexibility index (Phi) is 6.11. The summed E-state index contributed by atoms with van der Waals surface area (Å²) >= 11 is 3.55. The van der Waals surface area contributed by atoms with E-state index in [-0.39, 0.29) is 0 Å². The fourth-order valence-electron chi connectivity index (χ4n) is 2.21. The molecule has 0 atom stereocenters. The number of hydrogen-bond acceptors (Lipinski definition) is 3. The molecule has 0 aliphatic carbocycles. The van der Waals surface area contributed by atoms with Crippen molar-refractivity contribution < 1.29 is 9.47 Å². The van der Waals surface area contributed by atoms with Crippen molar-refractivity contribution in [1.82, 2.24) is 0 Å². The second kappa shape index (κ2) is 8.06. The molecule has 0 fully saturated rings. The molecule has 0 saturated heterocycles. The predicted octanol–water partition coefficient (Wildman–Crippen LogP) is 5.25. The molecule has 1 N–H and O–H groups in total. The van der Waals surface area contributed by atoms with E-state index in [1.54, 1.807) is 13.2 Å². The van der Waals surface area contributed by atoms with Crippen LogP contribution in [0.2, 0.25) is 0 Å². The molecule has 0 unspecified atom stereocenters. The summed E-state index contributed by atoms with van der Waals surface area (Å²) in [6.07, 6.45) is 1.71. The molecule has 2 aromatic rings. The van der Waals surface area contributed by atoms with Crippen molar-refractivity contribution in [2.75, 3.05) is 19.0 Å². The number of ether oxygens (including phenoxy) is 2. The predicted molar refractivity (Wildman–Crippen MR) is 99.6 cm³/mol. The van der Waals surface area contributed by atoms with Crippen LogP contribution in [0.5, 0.6) is 11.5 Å². The van der Waals surface area contributed by atoms with Gasteiger partial charge in [-0.3, -0.25) is 0 Å². The highest BCUT2D eigenvalue weighted by atomic mass is 79.9. The van der Waals surface area contributed by atoms with Crippen LogP contribution in [0, 0.1) is 13.8 Å². The first-order valence-corrected chi connectivity index (χ1v) is 8.25. The Hall–Kier alpha value is -1.94. The lowest BCUT2D eigenvalue weighted by molar-refractivity contribution is 0.324. The Bertz CT molecular complexity index is 698. The smallest absolute Gasteiger partial charge is 0.175 e. The molecular weight excluding hydrogens is 354 g/mol. The molecule has 2 rings (SSSR count). The van der Waals surface area contributed by atoms with Crippen LogP contribution in [-0.2, 0) is 6.54 Å². The van der Waals surface area contributed by atoms with Crippen LogP contribution < -0.4 is 14.8 Å². The van der Waals surface area contributed by atoms with Crippen molar-refractivity contribution in [2.24, 2.45) is 0 Å². The van der Waals surface area contributed by atoms with Crippen molar-refractivity contribution in [3.63, 3.8) is 0 Å². The number of rotatable bonds is 7. The molecular formula is C19H22BrNO2. The lowest BCUT2D eigenvalue weighted by Gasteiger charge is -2.14. The van der Waals surface area contributed by atoms with Gasteiger partial charge in [0, 0.05) is 12.2 Å². The van der Waals surface area contributed by atoms with E-state index in [1.807, 2.05) is 12.1 Å². The minimum atomic E-state index is 0.440. The highest BCUT2D eigenvalue weighted by Crippen LogP contribution is 2.36. The topological polar surface area (TPSA) is 30.5 Å². The van der Waals surface area contributed by atoms with E-state index >= 15 is 0 Å². The first kappa shape index (κ1) is 17.4. The van der Waals surface area contributed by atoms with E-state index in [0.717, 1.165) is 15.7 Å². The van der Waals surface area contributed by atoms with Gasteiger partial charge >= 0.3 is 0 Å². The van der Waals surface area contributed by atoms with Crippen molar-refractivity contribution in [3.8, 4) is 11.5 Å². The number of hydrogen-bond donors (Lipinski definition) is 1. The van der Waals surface area contributed by atoms with E-state index in [2.05, 4.69) is 59.9 Å². The van der Waals surface area contributed by atoms with Gasteiger partial charge in [0.15, 0.2) is 11.5 Å². The van der Waals surface area contributed by atoms with Gasteiger partial charge in [0.05, 0.1) is 11.6 Å². The van der Waals surface area contributed by atoms with Crippen molar-refractivity contribution in [3.05, 3.63) is 64.1 Å².